The number of carboxylic acid groups (broad SMARTS) is 1. The summed E-state index contributed by atoms with van der Waals surface area (Å²) >= 11 is 0. The lowest BCUT2D eigenvalue weighted by Crippen LogP contribution is -2.34. The molecule has 0 unspecified atom stereocenters. The topological polar surface area (TPSA) is 70.5 Å². The van der Waals surface area contributed by atoms with Gasteiger partial charge < -0.3 is 10.0 Å². The SMILES string of the molecule is CCN(CC(C)C)C(=O)c1ncccc1/C=C/C(=O)O. The summed E-state index contributed by atoms with van der Waals surface area (Å²) in [5.74, 6) is -0.866. The minimum Gasteiger partial charge on any atom is -0.478 e. The summed E-state index contributed by atoms with van der Waals surface area (Å²) in [7, 11) is 0. The molecule has 0 aliphatic heterocycles. The lowest BCUT2D eigenvalue weighted by Gasteiger charge is -2.23. The van der Waals surface area contributed by atoms with Crippen LogP contribution in [0.2, 0.25) is 0 Å². The summed E-state index contributed by atoms with van der Waals surface area (Å²) < 4.78 is 0. The molecule has 0 bridgehead atoms. The largest absolute Gasteiger partial charge is 0.478 e. The van der Waals surface area contributed by atoms with E-state index < -0.39 is 5.97 Å². The zero-order chi connectivity index (χ0) is 15.1. The molecule has 5 nitrogen and oxygen atoms in total. The average Bonchev–Trinajstić information content (AvgIpc) is 2.41. The molecule has 1 heterocycles. The fourth-order valence-corrected chi connectivity index (χ4v) is 1.84. The van der Waals surface area contributed by atoms with E-state index in [0.717, 1.165) is 6.08 Å². The van der Waals surface area contributed by atoms with Crippen LogP contribution < -0.4 is 0 Å². The average molecular weight is 276 g/mol. The highest BCUT2D eigenvalue weighted by atomic mass is 16.4. The molecule has 0 aliphatic carbocycles. The molecule has 1 amide bonds. The van der Waals surface area contributed by atoms with Gasteiger partial charge in [-0.2, -0.15) is 0 Å². The number of aromatic nitrogens is 1. The van der Waals surface area contributed by atoms with Crippen LogP contribution in [0.15, 0.2) is 24.4 Å². The van der Waals surface area contributed by atoms with Crippen molar-refractivity contribution in [2.45, 2.75) is 20.8 Å². The molecule has 0 radical (unpaired) electrons. The quantitative estimate of drug-likeness (QED) is 0.809. The number of carbonyl (C=O) groups excluding carboxylic acids is 1. The summed E-state index contributed by atoms with van der Waals surface area (Å²) in [6.45, 7) is 7.23. The van der Waals surface area contributed by atoms with Gasteiger partial charge in [0.05, 0.1) is 0 Å². The van der Waals surface area contributed by atoms with Crippen molar-refractivity contribution in [2.75, 3.05) is 13.1 Å². The molecule has 0 atom stereocenters. The van der Waals surface area contributed by atoms with E-state index in [-0.39, 0.29) is 11.6 Å². The second-order valence-corrected chi connectivity index (χ2v) is 4.85. The standard InChI is InChI=1S/C15H20N2O3/c1-4-17(10-11(2)3)15(20)14-12(6-5-9-16-14)7-8-13(18)19/h5-9,11H,4,10H2,1-3H3,(H,18,19)/b8-7+. The fraction of sp³-hybridized carbons (Fsp3) is 0.400. The summed E-state index contributed by atoms with van der Waals surface area (Å²) in [5, 5.41) is 8.68. The Morgan fingerprint density at radius 1 is 1.45 bits per heavy atom. The van der Waals surface area contributed by atoms with Crippen LogP contribution in [-0.2, 0) is 4.79 Å². The number of carbonyl (C=O) groups is 2. The van der Waals surface area contributed by atoms with Crippen LogP contribution in [0.5, 0.6) is 0 Å². The maximum Gasteiger partial charge on any atom is 0.328 e. The first-order valence-corrected chi connectivity index (χ1v) is 6.61. The van der Waals surface area contributed by atoms with Crippen molar-refractivity contribution in [3.05, 3.63) is 35.7 Å². The molecule has 0 saturated carbocycles. The van der Waals surface area contributed by atoms with Gasteiger partial charge >= 0.3 is 5.97 Å². The zero-order valence-corrected chi connectivity index (χ0v) is 12.0. The van der Waals surface area contributed by atoms with Gasteiger partial charge in [0.25, 0.3) is 5.91 Å². The van der Waals surface area contributed by atoms with Gasteiger partial charge in [0, 0.05) is 30.9 Å². The molecule has 20 heavy (non-hydrogen) atoms. The van der Waals surface area contributed by atoms with Crippen molar-refractivity contribution in [3.8, 4) is 0 Å². The highest BCUT2D eigenvalue weighted by Gasteiger charge is 2.18. The highest BCUT2D eigenvalue weighted by Crippen LogP contribution is 2.12. The Hall–Kier alpha value is -2.17. The molecule has 0 aromatic carbocycles. The van der Waals surface area contributed by atoms with Crippen molar-refractivity contribution in [2.24, 2.45) is 5.92 Å². The molecular formula is C15H20N2O3. The van der Waals surface area contributed by atoms with Crippen LogP contribution in [-0.4, -0.2) is 40.0 Å². The summed E-state index contributed by atoms with van der Waals surface area (Å²) in [4.78, 5) is 28.9. The van der Waals surface area contributed by atoms with Crippen LogP contribution in [0.25, 0.3) is 6.08 Å². The first-order valence-electron chi connectivity index (χ1n) is 6.61. The number of pyridine rings is 1. The van der Waals surface area contributed by atoms with Gasteiger partial charge in [-0.05, 0) is 25.0 Å². The van der Waals surface area contributed by atoms with E-state index in [4.69, 9.17) is 5.11 Å². The second kappa shape index (κ2) is 7.43. The molecule has 5 heteroatoms. The monoisotopic (exact) mass is 276 g/mol. The molecule has 0 aliphatic rings. The van der Waals surface area contributed by atoms with Crippen molar-refractivity contribution < 1.29 is 14.7 Å². The fourth-order valence-electron chi connectivity index (χ4n) is 1.84. The number of hydrogen-bond donors (Lipinski definition) is 1. The Morgan fingerprint density at radius 2 is 2.15 bits per heavy atom. The first kappa shape index (κ1) is 15.9. The Labute approximate surface area is 118 Å². The molecule has 0 saturated heterocycles. The Kier molecular flexibility index (Phi) is 5.90. The summed E-state index contributed by atoms with van der Waals surface area (Å²) in [5.41, 5.74) is 0.801. The zero-order valence-electron chi connectivity index (χ0n) is 12.0. The van der Waals surface area contributed by atoms with E-state index >= 15 is 0 Å². The van der Waals surface area contributed by atoms with Crippen LogP contribution in [0, 0.1) is 5.92 Å². The minimum absolute atomic E-state index is 0.174. The van der Waals surface area contributed by atoms with Gasteiger partial charge in [-0.1, -0.05) is 19.9 Å². The lowest BCUT2D eigenvalue weighted by molar-refractivity contribution is -0.131. The third-order valence-electron chi connectivity index (χ3n) is 2.70. The van der Waals surface area contributed by atoms with Gasteiger partial charge in [-0.15, -0.1) is 0 Å². The van der Waals surface area contributed by atoms with Crippen molar-refractivity contribution in [1.29, 1.82) is 0 Å². The first-order chi connectivity index (χ1) is 9.45. The number of hydrogen-bond acceptors (Lipinski definition) is 3. The van der Waals surface area contributed by atoms with Gasteiger partial charge in [0.15, 0.2) is 0 Å². The third-order valence-corrected chi connectivity index (χ3v) is 2.70. The van der Waals surface area contributed by atoms with E-state index in [1.54, 1.807) is 17.0 Å². The van der Waals surface area contributed by atoms with Crippen LogP contribution >= 0.6 is 0 Å². The van der Waals surface area contributed by atoms with E-state index in [1.165, 1.54) is 12.3 Å². The van der Waals surface area contributed by atoms with Gasteiger partial charge in [0.2, 0.25) is 0 Å². The molecule has 1 aromatic rings. The Morgan fingerprint density at radius 3 is 2.70 bits per heavy atom. The predicted octanol–water partition coefficient (Wildman–Crippen LogP) is 2.30. The second-order valence-electron chi connectivity index (χ2n) is 4.85. The van der Waals surface area contributed by atoms with Gasteiger partial charge in [0.1, 0.15) is 5.69 Å². The summed E-state index contributed by atoms with van der Waals surface area (Å²) in [6, 6.07) is 3.36. The number of aliphatic carboxylic acids is 1. The maximum absolute atomic E-state index is 12.5. The van der Waals surface area contributed by atoms with Crippen molar-refractivity contribution >= 4 is 18.0 Å². The van der Waals surface area contributed by atoms with Crippen molar-refractivity contribution in [1.82, 2.24) is 9.88 Å². The maximum atomic E-state index is 12.5. The predicted molar refractivity (Wildman–Crippen MR) is 77.3 cm³/mol. The minimum atomic E-state index is -1.05. The van der Waals surface area contributed by atoms with E-state index in [9.17, 15) is 9.59 Å². The normalized spacial score (nSPS) is 11.0. The van der Waals surface area contributed by atoms with E-state index in [0.29, 0.717) is 24.6 Å². The molecule has 1 N–H and O–H groups in total. The van der Waals surface area contributed by atoms with E-state index in [2.05, 4.69) is 4.98 Å². The number of nitrogens with zero attached hydrogens (tertiary/aromatic N) is 2. The van der Waals surface area contributed by atoms with Gasteiger partial charge in [-0.3, -0.25) is 9.78 Å². The number of rotatable bonds is 6. The van der Waals surface area contributed by atoms with Crippen LogP contribution in [0.3, 0.4) is 0 Å². The van der Waals surface area contributed by atoms with E-state index in [1.807, 2.05) is 20.8 Å². The molecule has 1 aromatic heterocycles. The lowest BCUT2D eigenvalue weighted by atomic mass is 10.1. The molecule has 0 fully saturated rings. The van der Waals surface area contributed by atoms with Crippen molar-refractivity contribution in [3.63, 3.8) is 0 Å². The smallest absolute Gasteiger partial charge is 0.328 e. The highest BCUT2D eigenvalue weighted by molar-refractivity contribution is 5.97. The van der Waals surface area contributed by atoms with Crippen LogP contribution in [0.1, 0.15) is 36.8 Å². The molecule has 108 valence electrons. The van der Waals surface area contributed by atoms with Crippen LogP contribution in [0.4, 0.5) is 0 Å². The molecule has 0 spiro atoms. The third kappa shape index (κ3) is 4.50. The van der Waals surface area contributed by atoms with Gasteiger partial charge in [-0.25, -0.2) is 4.79 Å². The Bertz CT molecular complexity index is 510. The Balaban J connectivity index is 3.05. The number of carboxylic acids is 1. The molecule has 1 rings (SSSR count). The summed E-state index contributed by atoms with van der Waals surface area (Å²) in [6.07, 6.45) is 3.94. The number of amides is 1. The molecular weight excluding hydrogens is 256 g/mol.